The maximum absolute atomic E-state index is 10.6. The lowest BCUT2D eigenvalue weighted by Gasteiger charge is -2.48. The molecule has 0 saturated carbocycles. The molecule has 0 unspecified atom stereocenters. The standard InChI is InChI=1S/C26H24N4O/c1-16-21-9-8-20-22(17-6-4-3-5-7-17)29-25(18-10-12-28-13-11-18)30-24(20)26(21,2)14-19(15-27)23(16)31/h3-7,10-13,16,21,31H,8-9,14H2,1-2H3/t16-,21-,26-/m1/s1. The van der Waals surface area contributed by atoms with E-state index >= 15 is 0 Å². The largest absolute Gasteiger partial charge is 0.511 e. The summed E-state index contributed by atoms with van der Waals surface area (Å²) in [5.41, 5.74) is 5.26. The number of rotatable bonds is 2. The molecule has 0 bridgehead atoms. The van der Waals surface area contributed by atoms with E-state index in [1.807, 2.05) is 37.3 Å². The number of fused-ring (bicyclic) bond motifs is 3. The molecule has 2 heterocycles. The number of aliphatic hydroxyl groups excluding tert-OH is 1. The number of nitriles is 1. The maximum Gasteiger partial charge on any atom is 0.160 e. The number of hydrogen-bond donors (Lipinski definition) is 1. The summed E-state index contributed by atoms with van der Waals surface area (Å²) in [5.74, 6) is 1.08. The van der Waals surface area contributed by atoms with Crippen LogP contribution in [-0.4, -0.2) is 20.1 Å². The first-order valence-corrected chi connectivity index (χ1v) is 10.7. The summed E-state index contributed by atoms with van der Waals surface area (Å²) in [6.45, 7) is 4.23. The highest BCUT2D eigenvalue weighted by Crippen LogP contribution is 2.53. The Morgan fingerprint density at radius 2 is 1.81 bits per heavy atom. The Hall–Kier alpha value is -3.52. The van der Waals surface area contributed by atoms with E-state index in [0.717, 1.165) is 40.9 Å². The molecule has 31 heavy (non-hydrogen) atoms. The first-order valence-electron chi connectivity index (χ1n) is 10.7. The van der Waals surface area contributed by atoms with Gasteiger partial charge in [-0.1, -0.05) is 44.2 Å². The molecule has 3 aromatic rings. The molecule has 5 nitrogen and oxygen atoms in total. The Morgan fingerprint density at radius 3 is 2.52 bits per heavy atom. The second-order valence-corrected chi connectivity index (χ2v) is 8.83. The van der Waals surface area contributed by atoms with Crippen LogP contribution in [0, 0.1) is 23.2 Å². The summed E-state index contributed by atoms with van der Waals surface area (Å²) in [6.07, 6.45) is 5.80. The van der Waals surface area contributed by atoms with E-state index in [-0.39, 0.29) is 23.0 Å². The van der Waals surface area contributed by atoms with Crippen molar-refractivity contribution in [3.63, 3.8) is 0 Å². The molecule has 3 atom stereocenters. The van der Waals surface area contributed by atoms with E-state index in [1.54, 1.807) is 12.4 Å². The number of pyridine rings is 1. The Labute approximate surface area is 182 Å². The average molecular weight is 409 g/mol. The minimum atomic E-state index is -0.335. The topological polar surface area (TPSA) is 82.7 Å². The van der Waals surface area contributed by atoms with Gasteiger partial charge in [-0.3, -0.25) is 4.98 Å². The first kappa shape index (κ1) is 19.4. The first-order chi connectivity index (χ1) is 15.0. The van der Waals surface area contributed by atoms with Gasteiger partial charge in [0.25, 0.3) is 0 Å². The Balaban J connectivity index is 1.78. The van der Waals surface area contributed by atoms with Gasteiger partial charge in [0, 0.05) is 40.4 Å². The molecular weight excluding hydrogens is 384 g/mol. The van der Waals surface area contributed by atoms with Crippen molar-refractivity contribution in [3.8, 4) is 28.7 Å². The van der Waals surface area contributed by atoms with Crippen molar-refractivity contribution in [2.45, 2.75) is 38.5 Å². The second kappa shape index (κ2) is 7.31. The smallest absolute Gasteiger partial charge is 0.160 e. The van der Waals surface area contributed by atoms with Crippen LogP contribution in [0.2, 0.25) is 0 Å². The normalized spacial score (nSPS) is 24.8. The summed E-state index contributed by atoms with van der Waals surface area (Å²) in [7, 11) is 0. The van der Waals surface area contributed by atoms with Gasteiger partial charge in [0.1, 0.15) is 5.76 Å². The van der Waals surface area contributed by atoms with Gasteiger partial charge in [-0.05, 0) is 37.3 Å². The lowest BCUT2D eigenvalue weighted by molar-refractivity contribution is 0.136. The monoisotopic (exact) mass is 408 g/mol. The van der Waals surface area contributed by atoms with Gasteiger partial charge in [0.05, 0.1) is 23.0 Å². The number of hydrogen-bond acceptors (Lipinski definition) is 5. The van der Waals surface area contributed by atoms with Crippen LogP contribution in [0.3, 0.4) is 0 Å². The van der Waals surface area contributed by atoms with Crippen LogP contribution in [0.25, 0.3) is 22.6 Å². The van der Waals surface area contributed by atoms with Gasteiger partial charge in [0.15, 0.2) is 5.82 Å². The minimum absolute atomic E-state index is 0.0685. The van der Waals surface area contributed by atoms with Gasteiger partial charge in [-0.15, -0.1) is 0 Å². The Bertz CT molecular complexity index is 1210. The highest BCUT2D eigenvalue weighted by atomic mass is 16.3. The third-order valence-electron chi connectivity index (χ3n) is 7.08. The Kier molecular flexibility index (Phi) is 4.59. The fourth-order valence-corrected chi connectivity index (χ4v) is 5.49. The zero-order valence-corrected chi connectivity index (χ0v) is 17.7. The van der Waals surface area contributed by atoms with Crippen molar-refractivity contribution in [3.05, 3.63) is 77.4 Å². The van der Waals surface area contributed by atoms with E-state index in [1.165, 1.54) is 0 Å². The SMILES string of the molecule is C[C@H]1C(O)=C(C#N)C[C@@]2(C)c3nc(-c4ccncc4)nc(-c4ccccc4)c3CC[C@H]12. The number of aliphatic hydroxyl groups is 1. The molecule has 0 fully saturated rings. The van der Waals surface area contributed by atoms with E-state index in [0.29, 0.717) is 17.8 Å². The summed E-state index contributed by atoms with van der Waals surface area (Å²) >= 11 is 0. The molecule has 2 aliphatic rings. The molecule has 0 radical (unpaired) electrons. The van der Waals surface area contributed by atoms with Gasteiger partial charge in [-0.2, -0.15) is 5.26 Å². The van der Waals surface area contributed by atoms with E-state index in [4.69, 9.17) is 9.97 Å². The van der Waals surface area contributed by atoms with Crippen molar-refractivity contribution in [1.82, 2.24) is 15.0 Å². The number of nitrogens with zero attached hydrogens (tertiary/aromatic N) is 4. The summed E-state index contributed by atoms with van der Waals surface area (Å²) < 4.78 is 0. The fraction of sp³-hybridized carbons (Fsp3) is 0.308. The fourth-order valence-electron chi connectivity index (χ4n) is 5.49. The van der Waals surface area contributed by atoms with Crippen LogP contribution in [0.15, 0.2) is 66.2 Å². The van der Waals surface area contributed by atoms with E-state index < -0.39 is 0 Å². The van der Waals surface area contributed by atoms with Crippen LogP contribution in [0.5, 0.6) is 0 Å². The average Bonchev–Trinajstić information content (AvgIpc) is 2.82. The number of aromatic nitrogens is 3. The van der Waals surface area contributed by atoms with Gasteiger partial charge < -0.3 is 5.11 Å². The summed E-state index contributed by atoms with van der Waals surface area (Å²) in [4.78, 5) is 14.2. The zero-order valence-electron chi connectivity index (χ0n) is 17.7. The predicted octanol–water partition coefficient (Wildman–Crippen LogP) is 5.40. The van der Waals surface area contributed by atoms with Crippen LogP contribution < -0.4 is 0 Å². The van der Waals surface area contributed by atoms with Gasteiger partial charge >= 0.3 is 0 Å². The van der Waals surface area contributed by atoms with Crippen LogP contribution >= 0.6 is 0 Å². The van der Waals surface area contributed by atoms with E-state index in [2.05, 4.69) is 30.1 Å². The molecule has 0 aliphatic heterocycles. The second-order valence-electron chi connectivity index (χ2n) is 8.83. The molecule has 0 saturated heterocycles. The molecule has 1 N–H and O–H groups in total. The third kappa shape index (κ3) is 3.02. The molecular formula is C26H24N4O. The quantitative estimate of drug-likeness (QED) is 0.614. The van der Waals surface area contributed by atoms with E-state index in [9.17, 15) is 10.4 Å². The van der Waals surface area contributed by atoms with Crippen molar-refractivity contribution >= 4 is 0 Å². The van der Waals surface area contributed by atoms with Crippen molar-refractivity contribution in [1.29, 1.82) is 5.26 Å². The highest BCUT2D eigenvalue weighted by Gasteiger charge is 2.50. The molecule has 2 aliphatic carbocycles. The predicted molar refractivity (Wildman–Crippen MR) is 119 cm³/mol. The third-order valence-corrected chi connectivity index (χ3v) is 7.08. The molecule has 5 rings (SSSR count). The lowest BCUT2D eigenvalue weighted by atomic mass is 9.56. The molecule has 0 amide bonds. The van der Waals surface area contributed by atoms with Crippen molar-refractivity contribution in [2.24, 2.45) is 11.8 Å². The summed E-state index contributed by atoms with van der Waals surface area (Å²) in [5, 5.41) is 20.3. The zero-order chi connectivity index (χ0) is 21.6. The van der Waals surface area contributed by atoms with Crippen molar-refractivity contribution in [2.75, 3.05) is 0 Å². The van der Waals surface area contributed by atoms with Crippen LogP contribution in [-0.2, 0) is 11.8 Å². The number of benzene rings is 1. The molecule has 1 aromatic carbocycles. The number of allylic oxidation sites excluding steroid dienone is 2. The minimum Gasteiger partial charge on any atom is -0.511 e. The molecule has 154 valence electrons. The van der Waals surface area contributed by atoms with Gasteiger partial charge in [-0.25, -0.2) is 9.97 Å². The summed E-state index contributed by atoms with van der Waals surface area (Å²) in [6, 6.07) is 16.3. The van der Waals surface area contributed by atoms with Gasteiger partial charge in [0.2, 0.25) is 0 Å². The maximum atomic E-state index is 10.6. The molecule has 0 spiro atoms. The molecule has 5 heteroatoms. The van der Waals surface area contributed by atoms with Crippen molar-refractivity contribution < 1.29 is 5.11 Å². The lowest BCUT2D eigenvalue weighted by Crippen LogP contribution is -2.45. The Morgan fingerprint density at radius 1 is 1.06 bits per heavy atom. The molecule has 2 aromatic heterocycles. The van der Waals surface area contributed by atoms with Crippen LogP contribution in [0.1, 0.15) is 37.9 Å². The van der Waals surface area contributed by atoms with Crippen LogP contribution in [0.4, 0.5) is 0 Å². The highest BCUT2D eigenvalue weighted by molar-refractivity contribution is 5.69.